The van der Waals surface area contributed by atoms with Gasteiger partial charge in [0, 0.05) is 0 Å². The first kappa shape index (κ1) is 29.1. The van der Waals surface area contributed by atoms with E-state index in [-0.39, 0.29) is 29.2 Å². The summed E-state index contributed by atoms with van der Waals surface area (Å²) in [5.74, 6) is -2.63. The molecule has 0 saturated carbocycles. The third kappa shape index (κ3) is 8.79. The average Bonchev–Trinajstić information content (AvgIpc) is 3.01. The van der Waals surface area contributed by atoms with Gasteiger partial charge in [-0.1, -0.05) is 27.7 Å². The number of hydrogen-bond acceptors (Lipinski definition) is 8. The van der Waals surface area contributed by atoms with Crippen LogP contribution in [0.5, 0.6) is 0 Å². The normalized spacial score (nSPS) is 13.9. The van der Waals surface area contributed by atoms with Crippen LogP contribution in [0.1, 0.15) is 96.2 Å². The van der Waals surface area contributed by atoms with Crippen molar-refractivity contribution in [2.45, 2.75) is 99.4 Å². The van der Waals surface area contributed by atoms with Gasteiger partial charge < -0.3 is 24.5 Å². The largest absolute Gasteiger partial charge is 0.458 e. The molecule has 0 unspecified atom stereocenters. The third-order valence-corrected chi connectivity index (χ3v) is 4.46. The van der Waals surface area contributed by atoms with Crippen LogP contribution in [0, 0.1) is 18.8 Å². The number of nitrogens with zero attached hydrogens (tertiary/aromatic N) is 1. The fourth-order valence-corrected chi connectivity index (χ4v) is 2.89. The lowest BCUT2D eigenvalue weighted by Gasteiger charge is -2.26. The van der Waals surface area contributed by atoms with E-state index in [1.54, 1.807) is 69.2 Å². The first-order valence-electron chi connectivity index (χ1n) is 11.4. The number of oxazole rings is 1. The summed E-state index contributed by atoms with van der Waals surface area (Å²) in [7, 11) is 0. The SMILES string of the molecule is Cc1oc(C(=O)[C@@H](NC(=O)OC(C)(C)C)C(C)C)nc1C(=O)N[C@H](C(=O)OC(C)(C)C)C(C)C. The number of rotatable bonds is 8. The van der Waals surface area contributed by atoms with Gasteiger partial charge in [0.25, 0.3) is 11.8 Å². The van der Waals surface area contributed by atoms with Crippen LogP contribution in [0.25, 0.3) is 0 Å². The molecule has 0 spiro atoms. The maximum absolute atomic E-state index is 13.0. The molecule has 0 aromatic carbocycles. The Morgan fingerprint density at radius 1 is 0.824 bits per heavy atom. The number of aromatic nitrogens is 1. The second-order valence-corrected chi connectivity index (χ2v) is 10.9. The molecule has 34 heavy (non-hydrogen) atoms. The summed E-state index contributed by atoms with van der Waals surface area (Å²) < 4.78 is 16.1. The van der Waals surface area contributed by atoms with Crippen molar-refractivity contribution < 1.29 is 33.1 Å². The predicted molar refractivity (Wildman–Crippen MR) is 126 cm³/mol. The Balaban J connectivity index is 3.09. The number of carbonyl (C=O) groups is 4. The first-order valence-corrected chi connectivity index (χ1v) is 11.4. The first-order chi connectivity index (χ1) is 15.3. The molecule has 0 fully saturated rings. The Morgan fingerprint density at radius 3 is 1.76 bits per heavy atom. The molecule has 1 aromatic rings. The van der Waals surface area contributed by atoms with E-state index >= 15 is 0 Å². The molecule has 2 N–H and O–H groups in total. The lowest BCUT2D eigenvalue weighted by molar-refractivity contribution is -0.158. The number of alkyl carbamates (subject to hydrolysis) is 1. The van der Waals surface area contributed by atoms with E-state index in [1.807, 2.05) is 0 Å². The highest BCUT2D eigenvalue weighted by Gasteiger charge is 2.34. The zero-order valence-electron chi connectivity index (χ0n) is 22.1. The van der Waals surface area contributed by atoms with Crippen molar-refractivity contribution in [2.24, 2.45) is 11.8 Å². The van der Waals surface area contributed by atoms with Gasteiger partial charge in [-0.15, -0.1) is 0 Å². The summed E-state index contributed by atoms with van der Waals surface area (Å²) in [5.41, 5.74) is -1.58. The summed E-state index contributed by atoms with van der Waals surface area (Å²) in [5, 5.41) is 5.16. The molecule has 10 nitrogen and oxygen atoms in total. The number of esters is 1. The van der Waals surface area contributed by atoms with Crippen LogP contribution in [-0.4, -0.2) is 52.0 Å². The van der Waals surface area contributed by atoms with E-state index in [9.17, 15) is 19.2 Å². The monoisotopic (exact) mass is 481 g/mol. The number of ether oxygens (including phenoxy) is 2. The highest BCUT2D eigenvalue weighted by molar-refractivity contribution is 6.01. The van der Waals surface area contributed by atoms with Crippen molar-refractivity contribution in [1.82, 2.24) is 15.6 Å². The number of nitrogens with one attached hydrogen (secondary N) is 2. The lowest BCUT2D eigenvalue weighted by Crippen LogP contribution is -2.47. The minimum Gasteiger partial charge on any atom is -0.458 e. The van der Waals surface area contributed by atoms with Crippen molar-refractivity contribution in [3.8, 4) is 0 Å². The molecule has 2 atom stereocenters. The van der Waals surface area contributed by atoms with Crippen molar-refractivity contribution in [3.05, 3.63) is 17.3 Å². The fourth-order valence-electron chi connectivity index (χ4n) is 2.89. The molecule has 0 saturated heterocycles. The number of aryl methyl sites for hydroxylation is 1. The summed E-state index contributed by atoms with van der Waals surface area (Å²) in [6, 6.07) is -1.90. The van der Waals surface area contributed by atoms with Gasteiger partial charge in [-0.3, -0.25) is 9.59 Å². The molecule has 0 bridgehead atoms. The van der Waals surface area contributed by atoms with E-state index in [1.165, 1.54) is 6.92 Å². The smallest absolute Gasteiger partial charge is 0.408 e. The molecule has 0 aliphatic carbocycles. The van der Waals surface area contributed by atoms with Crippen molar-refractivity contribution >= 4 is 23.8 Å². The Labute approximate surface area is 201 Å². The van der Waals surface area contributed by atoms with Crippen LogP contribution in [0.2, 0.25) is 0 Å². The number of hydrogen-bond donors (Lipinski definition) is 2. The van der Waals surface area contributed by atoms with Crippen LogP contribution >= 0.6 is 0 Å². The van der Waals surface area contributed by atoms with E-state index < -0.39 is 47.0 Å². The Hall–Kier alpha value is -2.91. The van der Waals surface area contributed by atoms with E-state index in [0.717, 1.165) is 0 Å². The second kappa shape index (κ2) is 11.0. The van der Waals surface area contributed by atoms with Crippen LogP contribution in [0.3, 0.4) is 0 Å². The zero-order chi connectivity index (χ0) is 26.6. The van der Waals surface area contributed by atoms with Gasteiger partial charge in [0.15, 0.2) is 5.69 Å². The molecule has 1 aromatic heterocycles. The molecule has 0 radical (unpaired) electrons. The number of amides is 2. The fraction of sp³-hybridized carbons (Fsp3) is 0.708. The summed E-state index contributed by atoms with van der Waals surface area (Å²) in [6.07, 6.45) is -0.752. The van der Waals surface area contributed by atoms with Gasteiger partial charge in [0.1, 0.15) is 29.0 Å². The number of Topliss-reactive ketones (excluding diaryl/α,β-unsaturated/α-hetero) is 1. The molecule has 0 aliphatic rings. The number of carbonyl (C=O) groups excluding carboxylic acids is 4. The van der Waals surface area contributed by atoms with Crippen LogP contribution in [0.15, 0.2) is 4.42 Å². The molecular formula is C24H39N3O7. The third-order valence-electron chi connectivity index (χ3n) is 4.46. The van der Waals surface area contributed by atoms with Gasteiger partial charge in [-0.25, -0.2) is 14.6 Å². The zero-order valence-corrected chi connectivity index (χ0v) is 22.1. The maximum atomic E-state index is 13.0. The molecule has 1 heterocycles. The Morgan fingerprint density at radius 2 is 1.32 bits per heavy atom. The molecule has 10 heteroatoms. The second-order valence-electron chi connectivity index (χ2n) is 10.9. The molecule has 1 rings (SSSR count). The van der Waals surface area contributed by atoms with E-state index in [2.05, 4.69) is 15.6 Å². The van der Waals surface area contributed by atoms with Crippen molar-refractivity contribution in [1.29, 1.82) is 0 Å². The highest BCUT2D eigenvalue weighted by Crippen LogP contribution is 2.18. The van der Waals surface area contributed by atoms with Gasteiger partial charge in [0.05, 0.1) is 0 Å². The highest BCUT2D eigenvalue weighted by atomic mass is 16.6. The summed E-state index contributed by atoms with van der Waals surface area (Å²) in [4.78, 5) is 54.7. The minimum absolute atomic E-state index is 0.104. The van der Waals surface area contributed by atoms with E-state index in [4.69, 9.17) is 13.9 Å². The molecule has 0 aliphatic heterocycles. The number of ketones is 1. The maximum Gasteiger partial charge on any atom is 0.408 e. The van der Waals surface area contributed by atoms with Crippen molar-refractivity contribution in [2.75, 3.05) is 0 Å². The summed E-state index contributed by atoms with van der Waals surface area (Å²) >= 11 is 0. The standard InChI is InChI=1S/C24H39N3O7/c1-12(2)15(27-22(31)34-24(9,10)11)18(28)20-26-17(14(5)32-20)19(29)25-16(13(3)4)21(30)33-23(6,7)8/h12-13,15-16H,1-11H3,(H,25,29)(H,27,31)/t15-,16-/m0/s1. The van der Waals surface area contributed by atoms with E-state index in [0.29, 0.717) is 0 Å². The van der Waals surface area contributed by atoms with Gasteiger partial charge in [-0.05, 0) is 60.3 Å². The van der Waals surface area contributed by atoms with Crippen LogP contribution in [0.4, 0.5) is 4.79 Å². The van der Waals surface area contributed by atoms with Crippen molar-refractivity contribution in [3.63, 3.8) is 0 Å². The topological polar surface area (TPSA) is 137 Å². The Kier molecular flexibility index (Phi) is 9.43. The predicted octanol–water partition coefficient (Wildman–Crippen LogP) is 3.81. The van der Waals surface area contributed by atoms with Gasteiger partial charge >= 0.3 is 12.1 Å². The minimum atomic E-state index is -0.978. The average molecular weight is 482 g/mol. The molecule has 192 valence electrons. The van der Waals surface area contributed by atoms with Crippen LogP contribution < -0.4 is 10.6 Å². The Bertz CT molecular complexity index is 905. The lowest BCUT2D eigenvalue weighted by atomic mass is 10.00. The molecule has 2 amide bonds. The van der Waals surface area contributed by atoms with Gasteiger partial charge in [-0.2, -0.15) is 0 Å². The quantitative estimate of drug-likeness (QED) is 0.422. The summed E-state index contributed by atoms with van der Waals surface area (Å²) in [6.45, 7) is 18.9. The molecular weight excluding hydrogens is 442 g/mol. The van der Waals surface area contributed by atoms with Crippen LogP contribution in [-0.2, 0) is 14.3 Å². The van der Waals surface area contributed by atoms with Gasteiger partial charge in [0.2, 0.25) is 5.78 Å².